The first-order chi connectivity index (χ1) is 26.8. The Morgan fingerprint density at radius 2 is 1.43 bits per heavy atom. The molecule has 0 aromatic carbocycles. The van der Waals surface area contributed by atoms with Gasteiger partial charge < -0.3 is 32.6 Å². The number of hydrogen-bond donors (Lipinski definition) is 0. The SMILES string of the molecule is CCCCC/C=C\CC1OC1/C=C1\C(=O)C=CC1CCCC(=O)O[C@H](COC(=O)CCCCCCCCCCCCCCC)COP(=O)([O-])OCC[N+](C)(C)C. The number of quaternary nitrogens is 1. The van der Waals surface area contributed by atoms with Crippen molar-refractivity contribution in [2.75, 3.05) is 47.5 Å². The van der Waals surface area contributed by atoms with Crippen LogP contribution < -0.4 is 4.89 Å². The second-order valence-corrected chi connectivity index (χ2v) is 18.0. The third-order valence-electron chi connectivity index (χ3n) is 10.2. The van der Waals surface area contributed by atoms with Crippen LogP contribution in [0.3, 0.4) is 0 Å². The number of likely N-dealkylation sites (N-methyl/N-ethyl adjacent to an activating group) is 1. The molecule has 322 valence electrons. The highest BCUT2D eigenvalue weighted by Crippen LogP contribution is 2.38. The van der Waals surface area contributed by atoms with Gasteiger partial charge in [-0.1, -0.05) is 122 Å². The molecule has 2 rings (SSSR count). The number of phosphoric ester groups is 1. The summed E-state index contributed by atoms with van der Waals surface area (Å²) >= 11 is 0. The van der Waals surface area contributed by atoms with Gasteiger partial charge in [-0.15, -0.1) is 0 Å². The topological polar surface area (TPSA) is 141 Å². The Kier molecular flexibility index (Phi) is 26.0. The summed E-state index contributed by atoms with van der Waals surface area (Å²) in [5.41, 5.74) is 0.691. The molecule has 0 amide bonds. The number of epoxide rings is 1. The Hall–Kier alpha value is -2.14. The molecular formula is C44H76NO10P. The molecule has 0 bridgehead atoms. The lowest BCUT2D eigenvalue weighted by Crippen LogP contribution is -2.37. The van der Waals surface area contributed by atoms with Gasteiger partial charge in [-0.05, 0) is 50.7 Å². The number of ketones is 1. The Morgan fingerprint density at radius 1 is 0.821 bits per heavy atom. The van der Waals surface area contributed by atoms with Gasteiger partial charge in [0.05, 0.1) is 33.9 Å². The summed E-state index contributed by atoms with van der Waals surface area (Å²) in [5, 5.41) is 0. The van der Waals surface area contributed by atoms with Crippen molar-refractivity contribution >= 4 is 25.5 Å². The van der Waals surface area contributed by atoms with E-state index < -0.39 is 32.5 Å². The van der Waals surface area contributed by atoms with Crippen LogP contribution in [0.2, 0.25) is 0 Å². The highest BCUT2D eigenvalue weighted by Gasteiger charge is 2.38. The number of unbranched alkanes of at least 4 members (excludes halogenated alkanes) is 15. The lowest BCUT2D eigenvalue weighted by atomic mass is 9.94. The Labute approximate surface area is 339 Å². The average molecular weight is 810 g/mol. The minimum absolute atomic E-state index is 0.0366. The van der Waals surface area contributed by atoms with Crippen LogP contribution in [0.25, 0.3) is 0 Å². The number of esters is 2. The highest BCUT2D eigenvalue weighted by atomic mass is 31.2. The Bertz CT molecular complexity index is 1260. The molecular weight excluding hydrogens is 733 g/mol. The van der Waals surface area contributed by atoms with Crippen LogP contribution in [0.4, 0.5) is 0 Å². The smallest absolute Gasteiger partial charge is 0.306 e. The molecule has 1 heterocycles. The quantitative estimate of drug-likeness (QED) is 0.0116. The van der Waals surface area contributed by atoms with E-state index in [0.717, 1.165) is 32.1 Å². The van der Waals surface area contributed by atoms with Crippen LogP contribution in [-0.2, 0) is 42.2 Å². The highest BCUT2D eigenvalue weighted by molar-refractivity contribution is 7.45. The average Bonchev–Trinajstić information content (AvgIpc) is 3.80. The Morgan fingerprint density at radius 3 is 2.07 bits per heavy atom. The van der Waals surface area contributed by atoms with Crippen molar-refractivity contribution in [3.63, 3.8) is 0 Å². The van der Waals surface area contributed by atoms with Crippen molar-refractivity contribution in [1.29, 1.82) is 0 Å². The zero-order valence-electron chi connectivity index (χ0n) is 35.6. The van der Waals surface area contributed by atoms with E-state index in [1.54, 1.807) is 6.08 Å². The summed E-state index contributed by atoms with van der Waals surface area (Å²) < 4.78 is 39.8. The predicted octanol–water partition coefficient (Wildman–Crippen LogP) is 9.28. The lowest BCUT2D eigenvalue weighted by molar-refractivity contribution is -0.870. The van der Waals surface area contributed by atoms with Crippen LogP contribution in [0.5, 0.6) is 0 Å². The molecule has 1 aliphatic heterocycles. The normalized spacial score (nSPS) is 20.5. The molecule has 0 N–H and O–H groups in total. The van der Waals surface area contributed by atoms with Crippen LogP contribution in [0.1, 0.15) is 155 Å². The third-order valence-corrected chi connectivity index (χ3v) is 11.1. The molecule has 11 nitrogen and oxygen atoms in total. The lowest BCUT2D eigenvalue weighted by Gasteiger charge is -2.28. The standard InChI is InChI=1S/C44H76NO10P/c1-6-8-10-12-14-15-16-17-18-19-20-22-24-28-43(47)51-35-38(36-53-56(49,50)52-33-32-45(3,4)5)54-44(48)29-25-26-37-30-31-40(46)39(37)34-42-41(55-42)27-23-21-13-11-9-7-2/h21,23,30-31,34,37-38,41-42H,6-20,22,24-29,32-33,35-36H2,1-5H3/b23-21-,39-34-/t37?,38-,41?,42?/m1/s1. The monoisotopic (exact) mass is 810 g/mol. The van der Waals surface area contributed by atoms with Gasteiger partial charge in [0.1, 0.15) is 25.9 Å². The van der Waals surface area contributed by atoms with E-state index in [-0.39, 0.29) is 50.0 Å². The van der Waals surface area contributed by atoms with Gasteiger partial charge in [0.15, 0.2) is 11.9 Å². The second kappa shape index (κ2) is 29.1. The van der Waals surface area contributed by atoms with E-state index in [0.29, 0.717) is 35.9 Å². The van der Waals surface area contributed by atoms with Crippen LogP contribution >= 0.6 is 7.82 Å². The number of rotatable bonds is 35. The van der Waals surface area contributed by atoms with E-state index in [2.05, 4.69) is 26.0 Å². The molecule has 0 saturated carbocycles. The molecule has 2 aliphatic rings. The molecule has 0 aromatic rings. The first-order valence-corrected chi connectivity index (χ1v) is 23.3. The number of hydrogen-bond acceptors (Lipinski definition) is 10. The maximum Gasteiger partial charge on any atom is 0.306 e. The van der Waals surface area contributed by atoms with Gasteiger partial charge in [0, 0.05) is 24.3 Å². The summed E-state index contributed by atoms with van der Waals surface area (Å²) in [7, 11) is 1.04. The van der Waals surface area contributed by atoms with Crippen molar-refractivity contribution in [2.24, 2.45) is 5.92 Å². The van der Waals surface area contributed by atoms with E-state index in [4.69, 9.17) is 23.3 Å². The molecule has 1 saturated heterocycles. The summed E-state index contributed by atoms with van der Waals surface area (Å²) in [5.74, 6) is -1.16. The summed E-state index contributed by atoms with van der Waals surface area (Å²) in [6.07, 6.45) is 31.0. The number of allylic oxidation sites excluding steroid dienone is 4. The number of ether oxygens (including phenoxy) is 3. The van der Waals surface area contributed by atoms with Crippen LogP contribution in [-0.4, -0.2) is 88.0 Å². The van der Waals surface area contributed by atoms with Gasteiger partial charge in [0.25, 0.3) is 7.82 Å². The Balaban J connectivity index is 1.77. The van der Waals surface area contributed by atoms with Gasteiger partial charge in [-0.3, -0.25) is 18.9 Å². The summed E-state index contributed by atoms with van der Waals surface area (Å²) in [4.78, 5) is 50.5. The fraction of sp³-hybridized carbons (Fsp3) is 0.795. The number of carbonyl (C=O) groups excluding carboxylic acids is 3. The first-order valence-electron chi connectivity index (χ1n) is 21.8. The fourth-order valence-electron chi connectivity index (χ4n) is 6.58. The summed E-state index contributed by atoms with van der Waals surface area (Å²) in [6.45, 7) is 3.94. The van der Waals surface area contributed by atoms with Crippen molar-refractivity contribution in [3.8, 4) is 0 Å². The molecule has 12 heteroatoms. The zero-order chi connectivity index (χ0) is 41.1. The maximum atomic E-state index is 12.9. The number of carbonyl (C=O) groups is 3. The maximum absolute atomic E-state index is 12.9. The van der Waals surface area contributed by atoms with Gasteiger partial charge in [-0.25, -0.2) is 0 Å². The molecule has 0 aromatic heterocycles. The zero-order valence-corrected chi connectivity index (χ0v) is 36.5. The molecule has 4 unspecified atom stereocenters. The third kappa shape index (κ3) is 25.3. The van der Waals surface area contributed by atoms with E-state index in [1.165, 1.54) is 77.0 Å². The van der Waals surface area contributed by atoms with Crippen molar-refractivity contribution < 1.29 is 51.6 Å². The molecule has 56 heavy (non-hydrogen) atoms. The molecule has 0 spiro atoms. The minimum atomic E-state index is -4.69. The number of nitrogens with zero attached hydrogens (tertiary/aromatic N) is 1. The van der Waals surface area contributed by atoms with Crippen molar-refractivity contribution in [1.82, 2.24) is 0 Å². The van der Waals surface area contributed by atoms with E-state index >= 15 is 0 Å². The molecule has 0 radical (unpaired) electrons. The fourth-order valence-corrected chi connectivity index (χ4v) is 7.31. The molecule has 5 atom stereocenters. The van der Waals surface area contributed by atoms with Crippen LogP contribution in [0.15, 0.2) is 36.0 Å². The van der Waals surface area contributed by atoms with Gasteiger partial charge in [0.2, 0.25) is 0 Å². The molecule has 1 aliphatic carbocycles. The summed E-state index contributed by atoms with van der Waals surface area (Å²) in [6, 6.07) is 0. The number of phosphoric acid groups is 1. The first kappa shape index (κ1) is 50.0. The van der Waals surface area contributed by atoms with Crippen molar-refractivity contribution in [3.05, 3.63) is 36.0 Å². The predicted molar refractivity (Wildman–Crippen MR) is 220 cm³/mol. The minimum Gasteiger partial charge on any atom is -0.756 e. The van der Waals surface area contributed by atoms with E-state index in [9.17, 15) is 23.8 Å². The van der Waals surface area contributed by atoms with Crippen molar-refractivity contribution in [2.45, 2.75) is 173 Å². The van der Waals surface area contributed by atoms with Crippen LogP contribution in [0, 0.1) is 5.92 Å². The second-order valence-electron chi connectivity index (χ2n) is 16.6. The van der Waals surface area contributed by atoms with E-state index in [1.807, 2.05) is 33.3 Å². The largest absolute Gasteiger partial charge is 0.756 e. The molecule has 1 fully saturated rings. The van der Waals surface area contributed by atoms with Gasteiger partial charge in [-0.2, -0.15) is 0 Å². The van der Waals surface area contributed by atoms with Gasteiger partial charge >= 0.3 is 11.9 Å².